The van der Waals surface area contributed by atoms with Gasteiger partial charge in [0.25, 0.3) is 15.7 Å². The Bertz CT molecular complexity index is 1230. The lowest BCUT2D eigenvalue weighted by Gasteiger charge is -2.40. The lowest BCUT2D eigenvalue weighted by atomic mass is 9.88. The lowest BCUT2D eigenvalue weighted by molar-refractivity contribution is -0.151. The quantitative estimate of drug-likeness (QED) is 0.370. The molecule has 0 aromatic carbocycles. The molecule has 13 heteroatoms. The first-order chi connectivity index (χ1) is 16.4. The third-order valence-corrected chi connectivity index (χ3v) is 12.8. The van der Waals surface area contributed by atoms with Gasteiger partial charge in [0.15, 0.2) is 20.1 Å². The summed E-state index contributed by atoms with van der Waals surface area (Å²) in [6.45, 7) is 16.0. The van der Waals surface area contributed by atoms with Gasteiger partial charge in [-0.05, 0) is 38.4 Å². The van der Waals surface area contributed by atoms with E-state index in [1.54, 1.807) is 0 Å². The number of hydrogen-bond donors (Lipinski definition) is 2. The van der Waals surface area contributed by atoms with Gasteiger partial charge in [0.05, 0.1) is 23.3 Å². The third-order valence-electron chi connectivity index (χ3n) is 7.27. The van der Waals surface area contributed by atoms with Crippen LogP contribution >= 0.6 is 0 Å². The minimum atomic E-state index is -4.16. The van der Waals surface area contributed by atoms with E-state index in [0.29, 0.717) is 6.42 Å². The monoisotopic (exact) mass is 545 g/mol. The highest BCUT2D eigenvalue weighted by Gasteiger charge is 2.67. The SMILES string of the molecule is CCCC(C)(C)O[C@H]1[C@H](n2ccc(=O)[nH]c2=O)O[C@H](CO[Si](C)(C)C(C)(C)C)C12OS(=O)(=O)C=C2N. The Labute approximate surface area is 213 Å². The fourth-order valence-corrected chi connectivity index (χ4v) is 6.58. The topological polar surface area (TPSA) is 152 Å². The first-order valence-electron chi connectivity index (χ1n) is 12.1. The van der Waals surface area contributed by atoms with Crippen LogP contribution in [0.25, 0.3) is 0 Å². The molecule has 1 spiro atoms. The van der Waals surface area contributed by atoms with Crippen LogP contribution < -0.4 is 17.0 Å². The molecule has 3 heterocycles. The maximum atomic E-state index is 12.8. The van der Waals surface area contributed by atoms with Gasteiger partial charge in [-0.2, -0.15) is 8.42 Å². The molecule has 11 nitrogen and oxygen atoms in total. The van der Waals surface area contributed by atoms with Crippen molar-refractivity contribution in [2.75, 3.05) is 6.61 Å². The molecule has 36 heavy (non-hydrogen) atoms. The Morgan fingerprint density at radius 2 is 1.86 bits per heavy atom. The summed E-state index contributed by atoms with van der Waals surface area (Å²) in [5.41, 5.74) is 2.43. The van der Waals surface area contributed by atoms with Crippen LogP contribution in [0.5, 0.6) is 0 Å². The number of nitrogens with zero attached hydrogens (tertiary/aromatic N) is 1. The smallest absolute Gasteiger partial charge is 0.330 e. The molecule has 3 N–H and O–H groups in total. The van der Waals surface area contributed by atoms with Crippen molar-refractivity contribution in [2.24, 2.45) is 5.73 Å². The van der Waals surface area contributed by atoms with E-state index in [9.17, 15) is 18.0 Å². The molecule has 0 bridgehead atoms. The average Bonchev–Trinajstić information content (AvgIpc) is 3.12. The number of aromatic nitrogens is 2. The van der Waals surface area contributed by atoms with Crippen LogP contribution in [0, 0.1) is 0 Å². The van der Waals surface area contributed by atoms with Gasteiger partial charge in [-0.15, -0.1) is 0 Å². The molecule has 0 saturated carbocycles. The number of nitrogens with two attached hydrogens (primary N) is 1. The summed E-state index contributed by atoms with van der Waals surface area (Å²) in [6.07, 6.45) is -0.620. The summed E-state index contributed by atoms with van der Waals surface area (Å²) in [5.74, 6) is 0. The second-order valence-corrected chi connectivity index (χ2v) is 17.8. The number of H-pyrrole nitrogens is 1. The second-order valence-electron chi connectivity index (χ2n) is 11.6. The van der Waals surface area contributed by atoms with Gasteiger partial charge in [-0.3, -0.25) is 14.3 Å². The minimum Gasteiger partial charge on any atom is -0.414 e. The molecule has 3 rings (SSSR count). The van der Waals surface area contributed by atoms with E-state index < -0.39 is 59.3 Å². The van der Waals surface area contributed by atoms with Crippen molar-refractivity contribution in [3.05, 3.63) is 44.2 Å². The zero-order chi connectivity index (χ0) is 27.3. The van der Waals surface area contributed by atoms with E-state index in [2.05, 4.69) is 38.8 Å². The maximum Gasteiger partial charge on any atom is 0.330 e. The molecular formula is C23H39N3O8SSi. The highest BCUT2D eigenvalue weighted by molar-refractivity contribution is 7.90. The summed E-state index contributed by atoms with van der Waals surface area (Å²) < 4.78 is 51.4. The van der Waals surface area contributed by atoms with Crippen LogP contribution in [-0.2, 0) is 28.2 Å². The lowest BCUT2D eigenvalue weighted by Crippen LogP contribution is -2.57. The first kappa shape index (κ1) is 28.8. The van der Waals surface area contributed by atoms with E-state index in [1.807, 2.05) is 20.8 Å². The molecule has 1 saturated heterocycles. The molecule has 2 aliphatic heterocycles. The molecule has 204 valence electrons. The van der Waals surface area contributed by atoms with Gasteiger partial charge in [-0.25, -0.2) is 8.98 Å². The van der Waals surface area contributed by atoms with E-state index >= 15 is 0 Å². The fraction of sp³-hybridized carbons (Fsp3) is 0.739. The summed E-state index contributed by atoms with van der Waals surface area (Å²) in [7, 11) is -6.46. The van der Waals surface area contributed by atoms with Gasteiger partial charge in [0.2, 0.25) is 0 Å². The van der Waals surface area contributed by atoms with E-state index in [1.165, 1.54) is 12.3 Å². The molecule has 1 unspecified atom stereocenters. The minimum absolute atomic E-state index is 0.0385. The van der Waals surface area contributed by atoms with Crippen LogP contribution in [0.2, 0.25) is 18.1 Å². The van der Waals surface area contributed by atoms with Gasteiger partial charge < -0.3 is 19.6 Å². The predicted molar refractivity (Wildman–Crippen MR) is 137 cm³/mol. The first-order valence-corrected chi connectivity index (χ1v) is 16.5. The van der Waals surface area contributed by atoms with Crippen molar-refractivity contribution in [1.82, 2.24) is 9.55 Å². The summed E-state index contributed by atoms with van der Waals surface area (Å²) in [4.78, 5) is 26.7. The van der Waals surface area contributed by atoms with E-state index in [4.69, 9.17) is 23.8 Å². The molecular weight excluding hydrogens is 506 g/mol. The van der Waals surface area contributed by atoms with Gasteiger partial charge in [0.1, 0.15) is 12.2 Å². The van der Waals surface area contributed by atoms with Gasteiger partial charge in [0, 0.05) is 12.3 Å². The zero-order valence-corrected chi connectivity index (χ0v) is 24.1. The van der Waals surface area contributed by atoms with Gasteiger partial charge >= 0.3 is 5.69 Å². The van der Waals surface area contributed by atoms with Crippen molar-refractivity contribution < 1.29 is 26.5 Å². The molecule has 0 aliphatic carbocycles. The van der Waals surface area contributed by atoms with Crippen LogP contribution in [0.1, 0.15) is 60.6 Å². The van der Waals surface area contributed by atoms with Crippen LogP contribution in [0.4, 0.5) is 0 Å². The standard InChI is InChI=1S/C23H39N3O8SSi/c1-9-11-22(5,6)33-18-19(26-12-10-17(27)25-20(26)28)32-16(13-31-36(7,8)21(2,3)4)23(18)15(24)14-35(29,30)34-23/h10,12,14,16,18-19H,9,11,13,24H2,1-8H3,(H,25,27,28)/t16-,18+,19-,23?/m1/s1. The maximum absolute atomic E-state index is 12.8. The molecule has 4 atom stereocenters. The molecule has 2 aliphatic rings. The Morgan fingerprint density at radius 1 is 1.22 bits per heavy atom. The molecule has 1 aromatic heterocycles. The van der Waals surface area contributed by atoms with Crippen LogP contribution in [0.3, 0.4) is 0 Å². The van der Waals surface area contributed by atoms with Crippen molar-refractivity contribution >= 4 is 18.4 Å². The van der Waals surface area contributed by atoms with E-state index in [-0.39, 0.29) is 17.3 Å². The van der Waals surface area contributed by atoms with Crippen LogP contribution in [-0.4, -0.2) is 56.3 Å². The number of ether oxygens (including phenoxy) is 2. The molecule has 1 aromatic rings. The highest BCUT2D eigenvalue weighted by atomic mass is 32.2. The normalized spacial score (nSPS) is 28.6. The average molecular weight is 546 g/mol. The summed E-state index contributed by atoms with van der Waals surface area (Å²) in [5, 5.41) is 0.730. The summed E-state index contributed by atoms with van der Waals surface area (Å²) in [6, 6.07) is 1.18. The predicted octanol–water partition coefficient (Wildman–Crippen LogP) is 2.32. The number of hydrogen-bond acceptors (Lipinski definition) is 9. The van der Waals surface area contributed by atoms with Crippen LogP contribution in [0.15, 0.2) is 33.0 Å². The second kappa shape index (κ2) is 9.51. The summed E-state index contributed by atoms with van der Waals surface area (Å²) >= 11 is 0. The van der Waals surface area contributed by atoms with Crippen molar-refractivity contribution in [2.45, 2.75) is 102 Å². The third kappa shape index (κ3) is 5.41. The number of nitrogens with one attached hydrogen (secondary N) is 1. The molecule has 1 fully saturated rings. The number of aromatic amines is 1. The van der Waals surface area contributed by atoms with Gasteiger partial charge in [-0.1, -0.05) is 34.1 Å². The largest absolute Gasteiger partial charge is 0.414 e. The highest BCUT2D eigenvalue weighted by Crippen LogP contribution is 2.50. The molecule has 0 radical (unpaired) electrons. The Balaban J connectivity index is 2.16. The molecule has 0 amide bonds. The van der Waals surface area contributed by atoms with Crippen molar-refractivity contribution in [3.63, 3.8) is 0 Å². The Morgan fingerprint density at radius 3 is 2.36 bits per heavy atom. The Kier molecular flexibility index (Phi) is 7.61. The van der Waals surface area contributed by atoms with Crippen molar-refractivity contribution in [3.8, 4) is 0 Å². The van der Waals surface area contributed by atoms with E-state index in [0.717, 1.165) is 16.4 Å². The zero-order valence-electron chi connectivity index (χ0n) is 22.3. The fourth-order valence-electron chi connectivity index (χ4n) is 4.35. The Hall–Kier alpha value is -1.77. The van der Waals surface area contributed by atoms with Crippen molar-refractivity contribution in [1.29, 1.82) is 0 Å². The number of rotatable bonds is 8.